The summed E-state index contributed by atoms with van der Waals surface area (Å²) in [6.07, 6.45) is 9.94. The van der Waals surface area contributed by atoms with Gasteiger partial charge < -0.3 is 16.4 Å². The fourth-order valence-electron chi connectivity index (χ4n) is 6.59. The van der Waals surface area contributed by atoms with Crippen LogP contribution in [-0.2, 0) is 9.84 Å². The van der Waals surface area contributed by atoms with Gasteiger partial charge in [0.25, 0.3) is 5.91 Å². The van der Waals surface area contributed by atoms with Crippen molar-refractivity contribution < 1.29 is 13.2 Å². The van der Waals surface area contributed by atoms with E-state index in [2.05, 4.69) is 20.1 Å². The molecule has 6 heterocycles. The molecule has 4 N–H and O–H groups in total. The highest BCUT2D eigenvalue weighted by Crippen LogP contribution is 2.46. The van der Waals surface area contributed by atoms with E-state index >= 15 is 0 Å². The van der Waals surface area contributed by atoms with Gasteiger partial charge in [-0.05, 0) is 31.7 Å². The summed E-state index contributed by atoms with van der Waals surface area (Å²) in [6.45, 7) is 0. The second-order valence-corrected chi connectivity index (χ2v) is 13.1. The summed E-state index contributed by atoms with van der Waals surface area (Å²) < 4.78 is 27.6. The molecule has 43 heavy (non-hydrogen) atoms. The summed E-state index contributed by atoms with van der Waals surface area (Å²) in [6, 6.07) is 13.5. The minimum Gasteiger partial charge on any atom is -0.383 e. The predicted molar refractivity (Wildman–Crippen MR) is 161 cm³/mol. The van der Waals surface area contributed by atoms with Crippen molar-refractivity contribution in [3.8, 4) is 22.4 Å². The van der Waals surface area contributed by atoms with Gasteiger partial charge in [0.05, 0.1) is 17.6 Å². The molecule has 0 aliphatic carbocycles. The predicted octanol–water partition coefficient (Wildman–Crippen LogP) is 3.37. The maximum absolute atomic E-state index is 13.5. The van der Waals surface area contributed by atoms with Gasteiger partial charge in [0.2, 0.25) is 0 Å². The minimum atomic E-state index is -3.76. The maximum atomic E-state index is 13.5. The summed E-state index contributed by atoms with van der Waals surface area (Å²) in [5.74, 6) is -0.285. The second kappa shape index (κ2) is 10.1. The van der Waals surface area contributed by atoms with Crippen molar-refractivity contribution in [2.75, 3.05) is 17.7 Å². The number of carbonyl (C=O) groups is 1. The quantitative estimate of drug-likeness (QED) is 0.306. The molecule has 1 aromatic carbocycles. The molecule has 218 valence electrons. The molecule has 2 fully saturated rings. The van der Waals surface area contributed by atoms with E-state index < -0.39 is 9.84 Å². The molecule has 5 aromatic rings. The van der Waals surface area contributed by atoms with E-state index in [1.54, 1.807) is 12.4 Å². The van der Waals surface area contributed by atoms with Crippen LogP contribution in [0.1, 0.15) is 47.7 Å². The Morgan fingerprint density at radius 3 is 2.33 bits per heavy atom. The third-order valence-electron chi connectivity index (χ3n) is 8.51. The second-order valence-electron chi connectivity index (χ2n) is 11.2. The first-order valence-corrected chi connectivity index (χ1v) is 15.9. The van der Waals surface area contributed by atoms with Crippen molar-refractivity contribution in [1.29, 1.82) is 0 Å². The number of piperidine rings is 1. The topological polar surface area (TPSA) is 175 Å². The highest BCUT2D eigenvalue weighted by atomic mass is 32.2. The van der Waals surface area contributed by atoms with Crippen LogP contribution in [0.15, 0.2) is 72.3 Å². The number of pyridine rings is 1. The smallest absolute Gasteiger partial charge is 0.259 e. The molecule has 1 amide bonds. The van der Waals surface area contributed by atoms with Crippen LogP contribution in [0.25, 0.3) is 28.0 Å². The number of amides is 1. The Bertz CT molecular complexity index is 1960. The SMILES string of the molecule is CS(=O)(=O)c1c(C2C[C@H]3CC[C@@H](C2)N3C(=O)c2cncnc2N)nc2c(-c3ccc(-c4ccccc4)nc3)cnn2c1N. The number of sulfone groups is 1. The lowest BCUT2D eigenvalue weighted by Crippen LogP contribution is -2.46. The van der Waals surface area contributed by atoms with Gasteiger partial charge in [-0.2, -0.15) is 9.61 Å². The summed E-state index contributed by atoms with van der Waals surface area (Å²) in [5, 5.41) is 4.42. The third-order valence-corrected chi connectivity index (χ3v) is 9.67. The van der Waals surface area contributed by atoms with E-state index in [4.69, 9.17) is 16.5 Å². The van der Waals surface area contributed by atoms with Crippen molar-refractivity contribution in [1.82, 2.24) is 34.4 Å². The van der Waals surface area contributed by atoms with Crippen LogP contribution in [-0.4, -0.2) is 67.1 Å². The fourth-order valence-corrected chi connectivity index (χ4v) is 7.64. The van der Waals surface area contributed by atoms with Crippen LogP contribution >= 0.6 is 0 Å². The Labute approximate surface area is 247 Å². The summed E-state index contributed by atoms with van der Waals surface area (Å²) >= 11 is 0. The number of nitrogens with zero attached hydrogens (tertiary/aromatic N) is 7. The number of nitrogens with two attached hydrogens (primary N) is 2. The van der Waals surface area contributed by atoms with Crippen LogP contribution in [0.3, 0.4) is 0 Å². The van der Waals surface area contributed by atoms with Crippen molar-refractivity contribution in [3.63, 3.8) is 0 Å². The minimum absolute atomic E-state index is 0.0164. The van der Waals surface area contributed by atoms with Crippen LogP contribution in [0.4, 0.5) is 11.6 Å². The average molecular weight is 596 g/mol. The maximum Gasteiger partial charge on any atom is 0.259 e. The first kappa shape index (κ1) is 27.0. The molecule has 0 spiro atoms. The number of carbonyl (C=O) groups excluding carboxylic acids is 1. The van der Waals surface area contributed by atoms with Gasteiger partial charge in [-0.15, -0.1) is 0 Å². The molecule has 0 radical (unpaired) electrons. The van der Waals surface area contributed by atoms with Gasteiger partial charge in [-0.1, -0.05) is 36.4 Å². The summed E-state index contributed by atoms with van der Waals surface area (Å²) in [5.41, 5.74) is 16.9. The third kappa shape index (κ3) is 4.56. The van der Waals surface area contributed by atoms with Crippen molar-refractivity contribution in [2.24, 2.45) is 0 Å². The van der Waals surface area contributed by atoms with E-state index in [1.807, 2.05) is 47.4 Å². The first-order chi connectivity index (χ1) is 20.7. The van der Waals surface area contributed by atoms with Gasteiger partial charge in [0.15, 0.2) is 15.5 Å². The summed E-state index contributed by atoms with van der Waals surface area (Å²) in [7, 11) is -3.76. The molecular weight excluding hydrogens is 566 g/mol. The van der Waals surface area contributed by atoms with Gasteiger partial charge in [0.1, 0.15) is 28.4 Å². The number of anilines is 2. The van der Waals surface area contributed by atoms with Gasteiger partial charge in [-0.25, -0.2) is 23.4 Å². The molecule has 2 aliphatic rings. The molecule has 4 aromatic heterocycles. The molecule has 13 heteroatoms. The molecule has 0 saturated carbocycles. The van der Waals surface area contributed by atoms with Gasteiger partial charge in [-0.3, -0.25) is 9.78 Å². The number of aromatic nitrogens is 6. The molecule has 2 saturated heterocycles. The lowest BCUT2D eigenvalue weighted by atomic mass is 9.87. The largest absolute Gasteiger partial charge is 0.383 e. The highest BCUT2D eigenvalue weighted by Gasteiger charge is 2.46. The Morgan fingerprint density at radius 2 is 1.67 bits per heavy atom. The van der Waals surface area contributed by atoms with Crippen molar-refractivity contribution in [2.45, 2.75) is 48.6 Å². The van der Waals surface area contributed by atoms with E-state index in [0.29, 0.717) is 29.7 Å². The van der Waals surface area contributed by atoms with Crippen LogP contribution in [0.5, 0.6) is 0 Å². The van der Waals surface area contributed by atoms with Crippen molar-refractivity contribution in [3.05, 3.63) is 78.6 Å². The zero-order chi connectivity index (χ0) is 29.9. The number of hydrogen-bond acceptors (Lipinski definition) is 10. The lowest BCUT2D eigenvalue weighted by molar-refractivity contribution is 0.0568. The molecule has 1 unspecified atom stereocenters. The number of nitrogen functional groups attached to an aromatic ring is 2. The number of fused-ring (bicyclic) bond motifs is 3. The van der Waals surface area contributed by atoms with Crippen LogP contribution in [0.2, 0.25) is 0 Å². The monoisotopic (exact) mass is 595 g/mol. The van der Waals surface area contributed by atoms with Crippen LogP contribution < -0.4 is 11.5 Å². The van der Waals surface area contributed by atoms with Gasteiger partial charge in [0, 0.05) is 53.3 Å². The molecule has 2 bridgehead atoms. The Hall–Kier alpha value is -4.91. The molecular formula is C30H29N9O3S. The lowest BCUT2D eigenvalue weighted by Gasteiger charge is -2.39. The summed E-state index contributed by atoms with van der Waals surface area (Å²) in [4.78, 5) is 32.9. The first-order valence-electron chi connectivity index (χ1n) is 14.0. The highest BCUT2D eigenvalue weighted by molar-refractivity contribution is 7.91. The normalized spacial score (nSPS) is 20.0. The van der Waals surface area contributed by atoms with E-state index in [0.717, 1.165) is 35.9 Å². The van der Waals surface area contributed by atoms with Gasteiger partial charge >= 0.3 is 0 Å². The Morgan fingerprint density at radius 1 is 0.930 bits per heavy atom. The van der Waals surface area contributed by atoms with Crippen molar-refractivity contribution >= 4 is 33.0 Å². The van der Waals surface area contributed by atoms with Crippen LogP contribution in [0, 0.1) is 0 Å². The molecule has 2 aliphatic heterocycles. The molecule has 12 nitrogen and oxygen atoms in total. The number of rotatable bonds is 5. The molecule has 7 rings (SSSR count). The van der Waals surface area contributed by atoms with E-state index in [1.165, 1.54) is 17.0 Å². The standard InChI is InChI=1S/C30H29N9O3S/c1-43(41,42)26-25(19-11-20-8-9-21(12-19)38(20)30(40)23-14-33-16-35-27(23)31)37-29-22(15-36-39(29)28(26)32)18-7-10-24(34-13-18)17-5-3-2-4-6-17/h2-7,10,13-16,19-21H,8-9,11-12,32H2,1H3,(H2,31,33,35)/t19?,20-,21+. The zero-order valence-corrected chi connectivity index (χ0v) is 24.1. The Balaban J connectivity index is 1.27. The number of benzene rings is 1. The number of hydrogen-bond donors (Lipinski definition) is 2. The fraction of sp³-hybridized carbons (Fsp3) is 0.267. The van der Waals surface area contributed by atoms with E-state index in [-0.39, 0.29) is 46.0 Å². The molecule has 3 atom stereocenters. The average Bonchev–Trinajstić information content (AvgIpc) is 3.55. The van der Waals surface area contributed by atoms with E-state index in [9.17, 15) is 13.2 Å². The zero-order valence-electron chi connectivity index (χ0n) is 23.3. The Kier molecular flexibility index (Phi) is 6.34.